The van der Waals surface area contributed by atoms with Gasteiger partial charge in [-0.05, 0) is 49.4 Å². The van der Waals surface area contributed by atoms with Crippen LogP contribution in [0.5, 0.6) is 0 Å². The van der Waals surface area contributed by atoms with Gasteiger partial charge in [-0.15, -0.1) is 0 Å². The second-order valence-corrected chi connectivity index (χ2v) is 7.64. The van der Waals surface area contributed by atoms with Gasteiger partial charge in [-0.2, -0.15) is 0 Å². The number of benzene rings is 1. The average molecular weight is 310 g/mol. The lowest BCUT2D eigenvalue weighted by Gasteiger charge is -2.28. The van der Waals surface area contributed by atoms with Crippen molar-refractivity contribution in [2.24, 2.45) is 0 Å². The molecule has 1 aromatic rings. The molecule has 2 atom stereocenters. The van der Waals surface area contributed by atoms with E-state index >= 15 is 0 Å². The molecule has 2 unspecified atom stereocenters. The van der Waals surface area contributed by atoms with E-state index < -0.39 is 16.1 Å². The summed E-state index contributed by atoms with van der Waals surface area (Å²) in [6.07, 6.45) is 4.63. The van der Waals surface area contributed by atoms with Crippen LogP contribution in [0.1, 0.15) is 37.7 Å². The Bertz CT molecular complexity index is 615. The van der Waals surface area contributed by atoms with Gasteiger partial charge in [0.25, 0.3) is 0 Å². The first-order chi connectivity index (χ1) is 10.1. The van der Waals surface area contributed by atoms with Crippen LogP contribution in [0.2, 0.25) is 0 Å². The van der Waals surface area contributed by atoms with Crippen molar-refractivity contribution in [3.05, 3.63) is 23.8 Å². The maximum Gasteiger partial charge on any atom is 0.240 e. The molecule has 0 spiro atoms. The van der Waals surface area contributed by atoms with E-state index in [-0.39, 0.29) is 6.04 Å². The van der Waals surface area contributed by atoms with Crippen molar-refractivity contribution < 1.29 is 13.5 Å². The number of sulfonamides is 1. The van der Waals surface area contributed by atoms with Crippen molar-refractivity contribution in [3.63, 3.8) is 0 Å². The van der Waals surface area contributed by atoms with Gasteiger partial charge in [0.15, 0.2) is 0 Å². The number of hydrogen-bond acceptors (Lipinski definition) is 4. The molecule has 0 bridgehead atoms. The molecule has 6 heteroatoms. The maximum atomic E-state index is 12.5. The van der Waals surface area contributed by atoms with Gasteiger partial charge in [-0.25, -0.2) is 13.1 Å². The first kappa shape index (κ1) is 14.8. The van der Waals surface area contributed by atoms with Gasteiger partial charge in [0, 0.05) is 18.3 Å². The summed E-state index contributed by atoms with van der Waals surface area (Å²) < 4.78 is 27.6. The average Bonchev–Trinajstić information content (AvgIpc) is 2.49. The lowest BCUT2D eigenvalue weighted by atomic mass is 9.93. The normalized spacial score (nSPS) is 26.0. The van der Waals surface area contributed by atoms with Crippen molar-refractivity contribution in [3.8, 4) is 0 Å². The van der Waals surface area contributed by atoms with Crippen LogP contribution in [0.3, 0.4) is 0 Å². The smallest absolute Gasteiger partial charge is 0.240 e. The van der Waals surface area contributed by atoms with Crippen LogP contribution in [-0.4, -0.2) is 32.2 Å². The lowest BCUT2D eigenvalue weighted by molar-refractivity contribution is 0.101. The summed E-state index contributed by atoms with van der Waals surface area (Å²) in [5.41, 5.74) is 2.08. The Morgan fingerprint density at radius 3 is 2.81 bits per heavy atom. The zero-order valence-electron chi connectivity index (χ0n) is 12.0. The summed E-state index contributed by atoms with van der Waals surface area (Å²) >= 11 is 0. The van der Waals surface area contributed by atoms with Gasteiger partial charge in [0.1, 0.15) is 0 Å². The number of anilines is 1. The van der Waals surface area contributed by atoms with Crippen LogP contribution >= 0.6 is 0 Å². The first-order valence-electron chi connectivity index (χ1n) is 7.63. The molecule has 116 valence electrons. The third-order valence-corrected chi connectivity index (χ3v) is 5.85. The van der Waals surface area contributed by atoms with Gasteiger partial charge in [0.05, 0.1) is 11.0 Å². The molecule has 0 aromatic heterocycles. The standard InChI is InChI=1S/C15H22N2O3S/c18-15-6-2-1-5-14(15)17-21(19,20)12-7-8-13-11(10-12)4-3-9-16-13/h7-8,10,14-18H,1-6,9H2. The Labute approximate surface area is 125 Å². The minimum Gasteiger partial charge on any atom is -0.391 e. The van der Waals surface area contributed by atoms with Crippen LogP contribution < -0.4 is 10.0 Å². The van der Waals surface area contributed by atoms with Gasteiger partial charge >= 0.3 is 0 Å². The minimum absolute atomic E-state index is 0.294. The summed E-state index contributed by atoms with van der Waals surface area (Å²) in [7, 11) is -3.56. The molecule has 21 heavy (non-hydrogen) atoms. The Kier molecular flexibility index (Phi) is 4.19. The van der Waals surface area contributed by atoms with E-state index in [1.54, 1.807) is 12.1 Å². The summed E-state index contributed by atoms with van der Waals surface area (Å²) in [5, 5.41) is 13.2. The van der Waals surface area contributed by atoms with Crippen molar-refractivity contribution >= 4 is 15.7 Å². The van der Waals surface area contributed by atoms with E-state index in [1.807, 2.05) is 6.07 Å². The summed E-state index contributed by atoms with van der Waals surface area (Å²) in [4.78, 5) is 0.294. The van der Waals surface area contributed by atoms with Crippen LogP contribution in [0.4, 0.5) is 5.69 Å². The van der Waals surface area contributed by atoms with E-state index in [0.717, 1.165) is 43.5 Å². The highest BCUT2D eigenvalue weighted by Gasteiger charge is 2.28. The Morgan fingerprint density at radius 1 is 1.19 bits per heavy atom. The molecule has 1 fully saturated rings. The van der Waals surface area contributed by atoms with E-state index in [4.69, 9.17) is 0 Å². The zero-order chi connectivity index (χ0) is 14.9. The molecule has 3 rings (SSSR count). The molecule has 1 aromatic carbocycles. The summed E-state index contributed by atoms with van der Waals surface area (Å²) in [6.45, 7) is 0.936. The molecule has 1 saturated carbocycles. The third kappa shape index (κ3) is 3.22. The highest BCUT2D eigenvalue weighted by atomic mass is 32.2. The Morgan fingerprint density at radius 2 is 2.00 bits per heavy atom. The predicted octanol–water partition coefficient (Wildman–Crippen LogP) is 1.63. The van der Waals surface area contributed by atoms with Gasteiger partial charge in [-0.3, -0.25) is 0 Å². The first-order valence-corrected chi connectivity index (χ1v) is 9.12. The highest BCUT2D eigenvalue weighted by Crippen LogP contribution is 2.26. The quantitative estimate of drug-likeness (QED) is 0.793. The van der Waals surface area contributed by atoms with Crippen molar-refractivity contribution in [2.75, 3.05) is 11.9 Å². The second kappa shape index (κ2) is 5.94. The molecule has 1 heterocycles. The molecule has 2 aliphatic rings. The van der Waals surface area contributed by atoms with Crippen molar-refractivity contribution in [1.29, 1.82) is 0 Å². The fraction of sp³-hybridized carbons (Fsp3) is 0.600. The summed E-state index contributed by atoms with van der Waals surface area (Å²) in [5.74, 6) is 0. The molecule has 5 nitrogen and oxygen atoms in total. The number of fused-ring (bicyclic) bond motifs is 1. The molecule has 1 aliphatic carbocycles. The van der Waals surface area contributed by atoms with Crippen LogP contribution in [-0.2, 0) is 16.4 Å². The second-order valence-electron chi connectivity index (χ2n) is 5.93. The molecular weight excluding hydrogens is 288 g/mol. The molecular formula is C15H22N2O3S. The van der Waals surface area contributed by atoms with Gasteiger partial charge in [-0.1, -0.05) is 12.8 Å². The molecule has 0 amide bonds. The largest absolute Gasteiger partial charge is 0.391 e. The number of aryl methyl sites for hydroxylation is 1. The molecule has 3 N–H and O–H groups in total. The number of hydrogen-bond donors (Lipinski definition) is 3. The minimum atomic E-state index is -3.56. The molecule has 0 radical (unpaired) electrons. The topological polar surface area (TPSA) is 78.4 Å². The van der Waals surface area contributed by atoms with Crippen LogP contribution in [0.25, 0.3) is 0 Å². The monoisotopic (exact) mass is 310 g/mol. The van der Waals surface area contributed by atoms with Crippen molar-refractivity contribution in [2.45, 2.75) is 55.6 Å². The zero-order valence-corrected chi connectivity index (χ0v) is 12.8. The fourth-order valence-corrected chi connectivity index (χ4v) is 4.49. The number of nitrogens with one attached hydrogen (secondary N) is 2. The number of aliphatic hydroxyl groups is 1. The lowest BCUT2D eigenvalue weighted by Crippen LogP contribution is -2.44. The van der Waals surface area contributed by atoms with E-state index in [1.165, 1.54) is 0 Å². The van der Waals surface area contributed by atoms with E-state index in [9.17, 15) is 13.5 Å². The number of aliphatic hydroxyl groups excluding tert-OH is 1. The van der Waals surface area contributed by atoms with E-state index in [0.29, 0.717) is 17.7 Å². The Balaban J connectivity index is 1.81. The fourth-order valence-electron chi connectivity index (χ4n) is 3.13. The third-order valence-electron chi connectivity index (χ3n) is 4.36. The van der Waals surface area contributed by atoms with Gasteiger partial charge < -0.3 is 10.4 Å². The molecule has 0 saturated heterocycles. The molecule has 1 aliphatic heterocycles. The predicted molar refractivity (Wildman–Crippen MR) is 81.8 cm³/mol. The number of rotatable bonds is 3. The summed E-state index contributed by atoms with van der Waals surface area (Å²) in [6, 6.07) is 4.85. The van der Waals surface area contributed by atoms with Crippen molar-refractivity contribution in [1.82, 2.24) is 4.72 Å². The van der Waals surface area contributed by atoms with Gasteiger partial charge in [0.2, 0.25) is 10.0 Å². The van der Waals surface area contributed by atoms with E-state index in [2.05, 4.69) is 10.0 Å². The maximum absolute atomic E-state index is 12.5. The highest BCUT2D eigenvalue weighted by molar-refractivity contribution is 7.89. The van der Waals surface area contributed by atoms with Crippen LogP contribution in [0.15, 0.2) is 23.1 Å². The van der Waals surface area contributed by atoms with Crippen LogP contribution in [0, 0.1) is 0 Å². The Hall–Kier alpha value is -1.11. The SMILES string of the molecule is O=S(=O)(NC1CCCCC1O)c1ccc2c(c1)CCCN2.